The van der Waals surface area contributed by atoms with Crippen LogP contribution in [0, 0.1) is 31.0 Å². The van der Waals surface area contributed by atoms with Crippen LogP contribution in [0.2, 0.25) is 0 Å². The van der Waals surface area contributed by atoms with Gasteiger partial charge in [-0.05, 0) is 62.7 Å². The molecule has 2 aromatic carbocycles. The number of benzene rings is 2. The van der Waals surface area contributed by atoms with Gasteiger partial charge in [0.05, 0.1) is 17.7 Å². The minimum absolute atomic E-state index is 0.0272. The van der Waals surface area contributed by atoms with Crippen molar-refractivity contribution in [2.24, 2.45) is 5.92 Å². The Labute approximate surface area is 230 Å². The van der Waals surface area contributed by atoms with Crippen LogP contribution in [0.15, 0.2) is 33.5 Å². The van der Waals surface area contributed by atoms with Crippen molar-refractivity contribution in [3.63, 3.8) is 0 Å². The van der Waals surface area contributed by atoms with Gasteiger partial charge in [0.1, 0.15) is 22.7 Å². The molecule has 2 saturated heterocycles. The van der Waals surface area contributed by atoms with Crippen LogP contribution in [0.4, 0.5) is 10.2 Å². The highest BCUT2D eigenvalue weighted by atomic mass is 19.1. The van der Waals surface area contributed by atoms with Gasteiger partial charge in [-0.1, -0.05) is 12.0 Å². The van der Waals surface area contributed by atoms with Crippen LogP contribution >= 0.6 is 0 Å². The van der Waals surface area contributed by atoms with Crippen molar-refractivity contribution in [2.75, 3.05) is 37.7 Å². The Bertz CT molecular complexity index is 1770. The van der Waals surface area contributed by atoms with Crippen LogP contribution in [0.25, 0.3) is 33.0 Å². The highest BCUT2D eigenvalue weighted by Gasteiger charge is 2.35. The molecule has 0 radical (unpaired) electrons. The first kappa shape index (κ1) is 24.9. The average Bonchev–Trinajstić information content (AvgIpc) is 3.65. The SMILES string of the molecule is C#Cc1c(F)ccc2cc(O)cc(-c3oc(=O)c4c(N5CCC5)nc(OC[C@@H]5CCN(C6CC6)C5)nc4c3C)c12. The number of fused-ring (bicyclic) bond motifs is 2. The Hall–Kier alpha value is -4.16. The molecule has 3 fully saturated rings. The van der Waals surface area contributed by atoms with E-state index in [2.05, 4.69) is 15.8 Å². The van der Waals surface area contributed by atoms with E-state index in [4.69, 9.17) is 20.6 Å². The minimum atomic E-state index is -0.616. The number of terminal acetylenes is 1. The van der Waals surface area contributed by atoms with Gasteiger partial charge in [0.25, 0.3) is 0 Å². The largest absolute Gasteiger partial charge is 0.508 e. The molecule has 1 atom stereocenters. The molecule has 4 aromatic rings. The van der Waals surface area contributed by atoms with Crippen LogP contribution in [0.5, 0.6) is 11.8 Å². The molecule has 2 aromatic heterocycles. The van der Waals surface area contributed by atoms with Crippen molar-refractivity contribution in [1.82, 2.24) is 14.9 Å². The smallest absolute Gasteiger partial charge is 0.349 e. The van der Waals surface area contributed by atoms with Crippen molar-refractivity contribution in [2.45, 2.75) is 38.6 Å². The summed E-state index contributed by atoms with van der Waals surface area (Å²) in [6.45, 7) is 5.94. The number of aromatic hydroxyl groups is 1. The van der Waals surface area contributed by atoms with E-state index < -0.39 is 11.4 Å². The summed E-state index contributed by atoms with van der Waals surface area (Å²) in [7, 11) is 0. The number of aryl methyl sites for hydroxylation is 1. The number of rotatable bonds is 6. The summed E-state index contributed by atoms with van der Waals surface area (Å²) in [6.07, 6.45) is 10.3. The summed E-state index contributed by atoms with van der Waals surface area (Å²) in [5, 5.41) is 11.7. The summed E-state index contributed by atoms with van der Waals surface area (Å²) < 4.78 is 26.8. The quantitative estimate of drug-likeness (QED) is 0.355. The van der Waals surface area contributed by atoms with Crippen LogP contribution in [-0.2, 0) is 0 Å². The summed E-state index contributed by atoms with van der Waals surface area (Å²) >= 11 is 0. The Kier molecular flexibility index (Phi) is 5.90. The van der Waals surface area contributed by atoms with Crippen LogP contribution in [-0.4, -0.2) is 58.8 Å². The lowest BCUT2D eigenvalue weighted by Crippen LogP contribution is -2.38. The van der Waals surface area contributed by atoms with Crippen molar-refractivity contribution in [1.29, 1.82) is 0 Å². The lowest BCUT2D eigenvalue weighted by Gasteiger charge is -2.32. The number of halogens is 1. The zero-order chi connectivity index (χ0) is 27.5. The number of ether oxygens (including phenoxy) is 1. The van der Waals surface area contributed by atoms with E-state index in [9.17, 15) is 14.3 Å². The number of nitrogens with zero attached hydrogens (tertiary/aromatic N) is 4. The third-order valence-corrected chi connectivity index (χ3v) is 8.39. The molecular weight excluding hydrogens is 511 g/mol. The van der Waals surface area contributed by atoms with Crippen molar-refractivity contribution in [3.05, 3.63) is 51.6 Å². The van der Waals surface area contributed by atoms with Crippen LogP contribution in [0.3, 0.4) is 0 Å². The number of aromatic nitrogens is 2. The fraction of sp³-hybridized carbons (Fsp3) is 0.387. The van der Waals surface area contributed by atoms with Crippen molar-refractivity contribution < 1.29 is 18.7 Å². The Balaban J connectivity index is 1.36. The van der Waals surface area contributed by atoms with Crippen LogP contribution in [0.1, 0.15) is 36.8 Å². The second-order valence-electron chi connectivity index (χ2n) is 11.1. The second kappa shape index (κ2) is 9.49. The lowest BCUT2D eigenvalue weighted by atomic mass is 9.95. The maximum Gasteiger partial charge on any atom is 0.349 e. The van der Waals surface area contributed by atoms with Gasteiger partial charge in [-0.25, -0.2) is 9.18 Å². The lowest BCUT2D eigenvalue weighted by molar-refractivity contribution is 0.225. The molecule has 1 aliphatic carbocycles. The Morgan fingerprint density at radius 3 is 2.73 bits per heavy atom. The summed E-state index contributed by atoms with van der Waals surface area (Å²) in [6, 6.07) is 6.67. The minimum Gasteiger partial charge on any atom is -0.508 e. The summed E-state index contributed by atoms with van der Waals surface area (Å²) in [5.41, 5.74) is 0.675. The first-order valence-electron chi connectivity index (χ1n) is 13.8. The predicted octanol–water partition coefficient (Wildman–Crippen LogP) is 4.61. The number of phenols is 1. The van der Waals surface area contributed by atoms with Gasteiger partial charge in [0.15, 0.2) is 5.82 Å². The van der Waals surface area contributed by atoms with Gasteiger partial charge in [0, 0.05) is 48.1 Å². The molecule has 1 saturated carbocycles. The van der Waals surface area contributed by atoms with E-state index in [1.54, 1.807) is 6.92 Å². The standard InChI is InChI=1S/C31H29FN4O4/c1-3-22-24(32)8-5-19-13-21(37)14-23(25(19)22)28-17(2)27-26(30(38)40-28)29(35-10-4-11-35)34-31(33-27)39-16-18-9-12-36(15-18)20-6-7-20/h1,5,8,13-14,18,20,37H,4,6-7,9-12,15-16H2,2H3/t18-/m1/s1. The molecule has 0 amide bonds. The molecule has 0 spiro atoms. The van der Waals surface area contributed by atoms with Gasteiger partial charge >= 0.3 is 11.6 Å². The summed E-state index contributed by atoms with van der Waals surface area (Å²) in [4.78, 5) is 27.4. The fourth-order valence-electron chi connectivity index (χ4n) is 6.00. The normalized spacial score (nSPS) is 19.2. The third-order valence-electron chi connectivity index (χ3n) is 8.39. The number of anilines is 1. The van der Waals surface area contributed by atoms with E-state index in [1.165, 1.54) is 37.1 Å². The molecule has 8 nitrogen and oxygen atoms in total. The van der Waals surface area contributed by atoms with E-state index in [0.29, 0.717) is 45.8 Å². The first-order chi connectivity index (χ1) is 19.4. The maximum absolute atomic E-state index is 14.7. The van der Waals surface area contributed by atoms with E-state index >= 15 is 0 Å². The van der Waals surface area contributed by atoms with Crippen molar-refractivity contribution in [3.8, 4) is 35.4 Å². The number of hydrogen-bond donors (Lipinski definition) is 1. The fourth-order valence-corrected chi connectivity index (χ4v) is 6.00. The maximum atomic E-state index is 14.7. The van der Waals surface area contributed by atoms with E-state index in [-0.39, 0.29) is 28.5 Å². The van der Waals surface area contributed by atoms with Gasteiger partial charge in [-0.3, -0.25) is 4.90 Å². The number of phenolic OH excluding ortho intramolecular Hbond substituents is 1. The molecule has 0 bridgehead atoms. The second-order valence-corrected chi connectivity index (χ2v) is 11.1. The Morgan fingerprint density at radius 1 is 1.18 bits per heavy atom. The predicted molar refractivity (Wildman–Crippen MR) is 150 cm³/mol. The van der Waals surface area contributed by atoms with E-state index in [1.807, 2.05) is 4.90 Å². The van der Waals surface area contributed by atoms with Crippen LogP contribution < -0.4 is 15.3 Å². The molecular formula is C31H29FN4O4. The molecule has 0 unspecified atom stereocenters. The third kappa shape index (κ3) is 4.14. The Morgan fingerprint density at radius 2 is 2.00 bits per heavy atom. The van der Waals surface area contributed by atoms with Gasteiger partial charge in [0.2, 0.25) is 0 Å². The highest BCUT2D eigenvalue weighted by Crippen LogP contribution is 2.39. The van der Waals surface area contributed by atoms with Gasteiger partial charge in [-0.15, -0.1) is 6.42 Å². The molecule has 2 aliphatic heterocycles. The highest BCUT2D eigenvalue weighted by molar-refractivity contribution is 6.03. The first-order valence-corrected chi connectivity index (χ1v) is 13.8. The van der Waals surface area contributed by atoms with Gasteiger partial charge < -0.3 is 19.2 Å². The topological polar surface area (TPSA) is 91.9 Å². The number of hydrogen-bond acceptors (Lipinski definition) is 8. The zero-order valence-corrected chi connectivity index (χ0v) is 22.2. The van der Waals surface area contributed by atoms with E-state index in [0.717, 1.165) is 45.1 Å². The molecule has 4 heterocycles. The van der Waals surface area contributed by atoms with Gasteiger partial charge in [-0.2, -0.15) is 9.97 Å². The molecule has 9 heteroatoms. The molecule has 40 heavy (non-hydrogen) atoms. The molecule has 204 valence electrons. The summed E-state index contributed by atoms with van der Waals surface area (Å²) in [5.74, 6) is 2.83. The zero-order valence-electron chi connectivity index (χ0n) is 22.2. The molecule has 1 N–H and O–H groups in total. The average molecular weight is 541 g/mol. The van der Waals surface area contributed by atoms with Crippen molar-refractivity contribution >= 4 is 27.5 Å². The molecule has 7 rings (SSSR count). The number of likely N-dealkylation sites (tertiary alicyclic amines) is 1. The molecule has 3 aliphatic rings. The monoisotopic (exact) mass is 540 g/mol.